The zero-order valence-corrected chi connectivity index (χ0v) is 18.9. The Kier molecular flexibility index (Phi) is 6.09. The number of piperidine rings is 1. The lowest BCUT2D eigenvalue weighted by Crippen LogP contribution is -2.54. The molecule has 1 unspecified atom stereocenters. The molecule has 158 valence electrons. The zero-order valence-electron chi connectivity index (χ0n) is 16.5. The molecule has 2 fully saturated rings. The summed E-state index contributed by atoms with van der Waals surface area (Å²) in [6, 6.07) is 11.3. The summed E-state index contributed by atoms with van der Waals surface area (Å²) in [6.07, 6.45) is 5.54. The highest BCUT2D eigenvalue weighted by Gasteiger charge is 2.49. The summed E-state index contributed by atoms with van der Waals surface area (Å²) in [5.41, 5.74) is 0.784. The van der Waals surface area contributed by atoms with Crippen LogP contribution in [0, 0.1) is 5.92 Å². The normalized spacial score (nSPS) is 25.0. The molecule has 3 atom stereocenters. The second-order valence-corrected chi connectivity index (χ2v) is 10.5. The second-order valence-electron chi connectivity index (χ2n) is 7.75. The highest BCUT2D eigenvalue weighted by Crippen LogP contribution is 2.38. The van der Waals surface area contributed by atoms with Crippen molar-refractivity contribution >= 4 is 31.9 Å². The molecule has 2 aliphatic heterocycles. The molecule has 8 heteroatoms. The first kappa shape index (κ1) is 21.2. The first-order valence-electron chi connectivity index (χ1n) is 10.0. The van der Waals surface area contributed by atoms with E-state index in [1.165, 1.54) is 4.31 Å². The predicted molar refractivity (Wildman–Crippen MR) is 118 cm³/mol. The van der Waals surface area contributed by atoms with Crippen LogP contribution in [0.25, 0.3) is 0 Å². The maximum absolute atomic E-state index is 13.7. The van der Waals surface area contributed by atoms with Crippen molar-refractivity contribution in [3.8, 4) is 0 Å². The quantitative estimate of drug-likeness (QED) is 0.601. The molecule has 0 spiro atoms. The van der Waals surface area contributed by atoms with Crippen molar-refractivity contribution in [3.05, 3.63) is 71.5 Å². The fourth-order valence-electron chi connectivity index (χ4n) is 4.47. The van der Waals surface area contributed by atoms with E-state index in [1.54, 1.807) is 41.4 Å². The van der Waals surface area contributed by atoms with Gasteiger partial charge in [0, 0.05) is 29.2 Å². The van der Waals surface area contributed by atoms with Crippen LogP contribution in [0.2, 0.25) is 0 Å². The molecule has 2 aromatic rings. The van der Waals surface area contributed by atoms with Gasteiger partial charge in [-0.2, -0.15) is 4.31 Å². The summed E-state index contributed by atoms with van der Waals surface area (Å²) in [5.74, 6) is -0.307. The van der Waals surface area contributed by atoms with Gasteiger partial charge in [0.1, 0.15) is 6.04 Å². The van der Waals surface area contributed by atoms with Crippen LogP contribution in [-0.2, 0) is 21.4 Å². The third-order valence-electron chi connectivity index (χ3n) is 5.89. The van der Waals surface area contributed by atoms with Crippen molar-refractivity contribution in [2.45, 2.75) is 42.8 Å². The third-order valence-corrected chi connectivity index (χ3v) is 8.31. The van der Waals surface area contributed by atoms with E-state index in [1.807, 2.05) is 18.2 Å². The van der Waals surface area contributed by atoms with Gasteiger partial charge in [-0.1, -0.05) is 34.1 Å². The van der Waals surface area contributed by atoms with E-state index in [4.69, 9.17) is 0 Å². The topological polar surface area (TPSA) is 70.6 Å². The predicted octanol–water partition coefficient (Wildman–Crippen LogP) is 3.60. The van der Waals surface area contributed by atoms with Crippen LogP contribution in [0.15, 0.2) is 70.7 Å². The summed E-state index contributed by atoms with van der Waals surface area (Å²) in [5, 5.41) is 0. The minimum Gasteiger partial charge on any atom is -0.335 e. The van der Waals surface area contributed by atoms with Crippen LogP contribution in [0.4, 0.5) is 0 Å². The van der Waals surface area contributed by atoms with Crippen molar-refractivity contribution < 1.29 is 13.2 Å². The Balaban J connectivity index is 1.75. The van der Waals surface area contributed by atoms with E-state index in [0.717, 1.165) is 12.1 Å². The molecule has 0 aliphatic carbocycles. The Morgan fingerprint density at radius 1 is 1.20 bits per heavy atom. The Morgan fingerprint density at radius 3 is 2.73 bits per heavy atom. The molecule has 0 saturated carbocycles. The summed E-state index contributed by atoms with van der Waals surface area (Å²) in [6.45, 7) is 4.75. The molecule has 1 aromatic heterocycles. The number of rotatable bonds is 5. The molecule has 1 amide bonds. The smallest absolute Gasteiger partial charge is 0.244 e. The number of carbonyl (C=O) groups is 1. The maximum atomic E-state index is 13.7. The Labute approximate surface area is 185 Å². The molecule has 3 heterocycles. The Hall–Kier alpha value is -2.03. The summed E-state index contributed by atoms with van der Waals surface area (Å²) in [4.78, 5) is 19.8. The minimum atomic E-state index is -3.85. The van der Waals surface area contributed by atoms with Crippen molar-refractivity contribution in [2.75, 3.05) is 6.54 Å². The molecule has 2 bridgehead atoms. The van der Waals surface area contributed by atoms with E-state index in [-0.39, 0.29) is 22.8 Å². The van der Waals surface area contributed by atoms with Gasteiger partial charge in [0.25, 0.3) is 0 Å². The van der Waals surface area contributed by atoms with Gasteiger partial charge in [-0.25, -0.2) is 8.42 Å². The number of hydrogen-bond donors (Lipinski definition) is 0. The molecule has 2 saturated heterocycles. The van der Waals surface area contributed by atoms with E-state index in [2.05, 4.69) is 27.5 Å². The van der Waals surface area contributed by atoms with Crippen LogP contribution < -0.4 is 0 Å². The summed E-state index contributed by atoms with van der Waals surface area (Å²) < 4.78 is 29.5. The largest absolute Gasteiger partial charge is 0.335 e. The monoisotopic (exact) mass is 489 g/mol. The summed E-state index contributed by atoms with van der Waals surface area (Å²) >= 11 is 3.36. The number of nitrogens with zero attached hydrogens (tertiary/aromatic N) is 3. The highest BCUT2D eigenvalue weighted by molar-refractivity contribution is 9.10. The first-order chi connectivity index (χ1) is 14.4. The van der Waals surface area contributed by atoms with Gasteiger partial charge in [0.2, 0.25) is 15.9 Å². The molecular formula is C22H24BrN3O3S. The van der Waals surface area contributed by atoms with Crippen LogP contribution in [-0.4, -0.2) is 47.1 Å². The number of benzene rings is 1. The highest BCUT2D eigenvalue weighted by atomic mass is 79.9. The number of sulfonamides is 1. The zero-order chi connectivity index (χ0) is 21.3. The van der Waals surface area contributed by atoms with Crippen LogP contribution >= 0.6 is 15.9 Å². The Bertz CT molecular complexity index is 1040. The van der Waals surface area contributed by atoms with Gasteiger partial charge >= 0.3 is 0 Å². The molecule has 4 rings (SSSR count). The van der Waals surface area contributed by atoms with Crippen LogP contribution in [0.5, 0.6) is 0 Å². The molecular weight excluding hydrogens is 466 g/mol. The maximum Gasteiger partial charge on any atom is 0.244 e. The fraction of sp³-hybridized carbons (Fsp3) is 0.364. The number of carbonyl (C=O) groups excluding carboxylic acids is 1. The lowest BCUT2D eigenvalue weighted by atomic mass is 9.90. The van der Waals surface area contributed by atoms with Gasteiger partial charge in [-0.3, -0.25) is 9.78 Å². The third kappa shape index (κ3) is 3.96. The van der Waals surface area contributed by atoms with E-state index >= 15 is 0 Å². The van der Waals surface area contributed by atoms with Gasteiger partial charge in [-0.15, -0.1) is 6.58 Å². The average Bonchev–Trinajstić information content (AvgIpc) is 2.82. The van der Waals surface area contributed by atoms with Crippen molar-refractivity contribution in [1.29, 1.82) is 0 Å². The number of pyridine rings is 1. The van der Waals surface area contributed by atoms with E-state index in [9.17, 15) is 13.2 Å². The van der Waals surface area contributed by atoms with E-state index in [0.29, 0.717) is 30.4 Å². The van der Waals surface area contributed by atoms with Gasteiger partial charge in [0.05, 0.1) is 17.1 Å². The lowest BCUT2D eigenvalue weighted by molar-refractivity contribution is -0.135. The van der Waals surface area contributed by atoms with Crippen LogP contribution in [0.1, 0.15) is 25.0 Å². The molecule has 30 heavy (non-hydrogen) atoms. The van der Waals surface area contributed by atoms with Crippen molar-refractivity contribution in [3.63, 3.8) is 0 Å². The Morgan fingerprint density at radius 2 is 2.03 bits per heavy atom. The SMILES string of the molecule is C=C[C@H]1CN(Cc2ccccn2)C(=O)C2CCC[C@@H]1N2S(=O)(=O)c1cccc(Br)c1. The molecule has 1 aromatic carbocycles. The average molecular weight is 490 g/mol. The molecule has 6 nitrogen and oxygen atoms in total. The van der Waals surface area contributed by atoms with E-state index < -0.39 is 16.1 Å². The standard InChI is InChI=1S/C22H24BrN3O3S/c1-2-16-14-25(15-18-8-3-4-12-24-18)22(27)21-11-6-10-20(16)26(21)30(28,29)19-9-5-7-17(23)13-19/h2-5,7-9,12-13,16,20-21H,1,6,10-11,14-15H2/t16-,20-,21?/m0/s1. The molecule has 0 N–H and O–H groups in total. The van der Waals surface area contributed by atoms with Gasteiger partial charge in [-0.05, 0) is 49.6 Å². The second kappa shape index (κ2) is 8.61. The molecule has 0 radical (unpaired) electrons. The number of hydrogen-bond acceptors (Lipinski definition) is 4. The molecule has 2 aliphatic rings. The van der Waals surface area contributed by atoms with Crippen molar-refractivity contribution in [2.24, 2.45) is 5.92 Å². The summed E-state index contributed by atoms with van der Waals surface area (Å²) in [7, 11) is -3.85. The van der Waals surface area contributed by atoms with Gasteiger partial charge in [0.15, 0.2) is 0 Å². The number of amides is 1. The van der Waals surface area contributed by atoms with Crippen LogP contribution in [0.3, 0.4) is 0 Å². The first-order valence-corrected chi connectivity index (χ1v) is 12.3. The van der Waals surface area contributed by atoms with Gasteiger partial charge < -0.3 is 4.90 Å². The number of halogens is 1. The fourth-order valence-corrected chi connectivity index (χ4v) is 6.94. The lowest BCUT2D eigenvalue weighted by Gasteiger charge is -2.40. The number of fused-ring (bicyclic) bond motifs is 2. The van der Waals surface area contributed by atoms with Crippen molar-refractivity contribution in [1.82, 2.24) is 14.2 Å². The minimum absolute atomic E-state index is 0.148. The number of aromatic nitrogens is 1.